The maximum atomic E-state index is 12.5. The molecule has 0 aliphatic heterocycles. The Morgan fingerprint density at radius 1 is 1.00 bits per heavy atom. The van der Waals surface area contributed by atoms with Crippen LogP contribution in [0.2, 0.25) is 0 Å². The first kappa shape index (κ1) is 21.0. The molecule has 0 aliphatic rings. The Balaban J connectivity index is 1.41. The molecule has 0 atom stereocenters. The Morgan fingerprint density at radius 2 is 1.75 bits per heavy atom. The van der Waals surface area contributed by atoms with E-state index in [1.807, 2.05) is 5.32 Å². The molecule has 164 valence electrons. The Kier molecular flexibility index (Phi) is 5.78. The zero-order valence-corrected chi connectivity index (χ0v) is 15.7. The first-order valence-corrected chi connectivity index (χ1v) is 8.77. The molecule has 0 fully saturated rings. The van der Waals surface area contributed by atoms with Crippen LogP contribution in [0.3, 0.4) is 0 Å². The van der Waals surface area contributed by atoms with E-state index in [9.17, 15) is 22.4 Å². The standard InChI is InChI=1S/C17H11F4N9O2/c18-13(19)15(31)25-11-2-1-8(3-22-11)10-6-30(29-26-10)7-12-23-4-9(5-24-12)16-27-28-17(32-16)14(20)21/h1-6,13-14H,7H2,(H,22,25,31). The minimum atomic E-state index is -3.14. The van der Waals surface area contributed by atoms with E-state index < -0.39 is 24.6 Å². The fourth-order valence-electron chi connectivity index (χ4n) is 2.44. The van der Waals surface area contributed by atoms with Crippen molar-refractivity contribution in [3.8, 4) is 22.7 Å². The third-order valence-electron chi connectivity index (χ3n) is 3.93. The number of carbonyl (C=O) groups is 1. The summed E-state index contributed by atoms with van der Waals surface area (Å²) in [5.74, 6) is -2.05. The van der Waals surface area contributed by atoms with Gasteiger partial charge in [-0.3, -0.25) is 4.79 Å². The van der Waals surface area contributed by atoms with Crippen LogP contribution in [-0.4, -0.2) is 52.5 Å². The number of nitrogens with zero attached hydrogens (tertiary/aromatic N) is 8. The smallest absolute Gasteiger partial charge is 0.315 e. The van der Waals surface area contributed by atoms with Crippen molar-refractivity contribution in [1.82, 2.24) is 40.1 Å². The van der Waals surface area contributed by atoms with Crippen molar-refractivity contribution in [2.45, 2.75) is 19.4 Å². The van der Waals surface area contributed by atoms with Crippen LogP contribution in [0.25, 0.3) is 22.7 Å². The molecule has 32 heavy (non-hydrogen) atoms. The van der Waals surface area contributed by atoms with Gasteiger partial charge < -0.3 is 9.73 Å². The van der Waals surface area contributed by atoms with Gasteiger partial charge in [0, 0.05) is 24.2 Å². The molecule has 4 heterocycles. The molecule has 0 saturated heterocycles. The second-order valence-corrected chi connectivity index (χ2v) is 6.16. The van der Waals surface area contributed by atoms with Crippen molar-refractivity contribution < 1.29 is 26.8 Å². The molecule has 0 spiro atoms. The Morgan fingerprint density at radius 3 is 2.38 bits per heavy atom. The van der Waals surface area contributed by atoms with Crippen LogP contribution in [0.15, 0.2) is 41.3 Å². The number of alkyl halides is 4. The fraction of sp³-hybridized carbons (Fsp3) is 0.176. The molecule has 4 rings (SSSR count). The molecule has 0 unspecified atom stereocenters. The Bertz CT molecular complexity index is 1210. The van der Waals surface area contributed by atoms with Crippen LogP contribution in [0.5, 0.6) is 0 Å². The summed E-state index contributed by atoms with van der Waals surface area (Å²) in [6.07, 6.45) is -0.397. The van der Waals surface area contributed by atoms with E-state index in [0.29, 0.717) is 17.1 Å². The second-order valence-electron chi connectivity index (χ2n) is 6.16. The average Bonchev–Trinajstić information content (AvgIpc) is 3.45. The fourth-order valence-corrected chi connectivity index (χ4v) is 2.44. The lowest BCUT2D eigenvalue weighted by Gasteiger charge is -2.03. The number of anilines is 1. The van der Waals surface area contributed by atoms with Gasteiger partial charge in [-0.2, -0.15) is 17.6 Å². The molecular weight excluding hydrogens is 438 g/mol. The van der Waals surface area contributed by atoms with Crippen LogP contribution >= 0.6 is 0 Å². The maximum absolute atomic E-state index is 12.5. The Labute approximate surface area is 175 Å². The highest BCUT2D eigenvalue weighted by atomic mass is 19.3. The first-order valence-electron chi connectivity index (χ1n) is 8.77. The number of hydrogen-bond acceptors (Lipinski definition) is 9. The number of aromatic nitrogens is 8. The zero-order valence-electron chi connectivity index (χ0n) is 15.7. The highest BCUT2D eigenvalue weighted by Crippen LogP contribution is 2.22. The molecule has 0 aliphatic carbocycles. The van der Waals surface area contributed by atoms with Crippen LogP contribution in [0.1, 0.15) is 18.1 Å². The quantitative estimate of drug-likeness (QED) is 0.422. The van der Waals surface area contributed by atoms with Crippen LogP contribution in [0, 0.1) is 0 Å². The van der Waals surface area contributed by atoms with Crippen molar-refractivity contribution in [3.05, 3.63) is 48.6 Å². The number of halogens is 4. The van der Waals surface area contributed by atoms with E-state index >= 15 is 0 Å². The third-order valence-corrected chi connectivity index (χ3v) is 3.93. The van der Waals surface area contributed by atoms with Gasteiger partial charge in [0.1, 0.15) is 23.9 Å². The van der Waals surface area contributed by atoms with Crippen LogP contribution < -0.4 is 5.32 Å². The summed E-state index contributed by atoms with van der Waals surface area (Å²) in [5.41, 5.74) is 1.25. The molecule has 0 aromatic carbocycles. The van der Waals surface area contributed by atoms with Crippen LogP contribution in [-0.2, 0) is 11.3 Å². The summed E-state index contributed by atoms with van der Waals surface area (Å²) >= 11 is 0. The second kappa shape index (κ2) is 8.83. The number of pyridine rings is 1. The maximum Gasteiger partial charge on any atom is 0.315 e. The monoisotopic (exact) mass is 449 g/mol. The highest BCUT2D eigenvalue weighted by Gasteiger charge is 2.18. The van der Waals surface area contributed by atoms with E-state index in [0.717, 1.165) is 0 Å². The first-order chi connectivity index (χ1) is 15.4. The number of hydrogen-bond donors (Lipinski definition) is 1. The van der Waals surface area contributed by atoms with E-state index in [1.54, 1.807) is 6.20 Å². The summed E-state index contributed by atoms with van der Waals surface area (Å²) in [4.78, 5) is 23.1. The molecule has 4 aromatic heterocycles. The van der Waals surface area contributed by atoms with Crippen molar-refractivity contribution in [1.29, 1.82) is 0 Å². The molecule has 0 radical (unpaired) electrons. The molecule has 1 N–H and O–H groups in total. The summed E-state index contributed by atoms with van der Waals surface area (Å²) < 4.78 is 55.9. The molecule has 15 heteroatoms. The van der Waals surface area contributed by atoms with E-state index in [1.165, 1.54) is 35.4 Å². The van der Waals surface area contributed by atoms with Crippen molar-refractivity contribution in [2.24, 2.45) is 0 Å². The Hall–Kier alpha value is -4.30. The van der Waals surface area contributed by atoms with E-state index in [-0.39, 0.29) is 23.8 Å². The largest absolute Gasteiger partial charge is 0.415 e. The average molecular weight is 449 g/mol. The number of amides is 1. The molecular formula is C17H11F4N9O2. The van der Waals surface area contributed by atoms with Gasteiger partial charge in [0.05, 0.1) is 11.8 Å². The lowest BCUT2D eigenvalue weighted by atomic mass is 10.2. The van der Waals surface area contributed by atoms with Gasteiger partial charge in [-0.25, -0.2) is 19.6 Å². The topological polar surface area (TPSA) is 137 Å². The van der Waals surface area contributed by atoms with Gasteiger partial charge in [-0.05, 0) is 12.1 Å². The summed E-state index contributed by atoms with van der Waals surface area (Å²) in [6.45, 7) is 0.148. The SMILES string of the molecule is O=C(Nc1ccc(-c2cn(Cc3ncc(-c4nnc(C(F)F)o4)cn3)nn2)cn1)C(F)F. The molecule has 1 amide bonds. The highest BCUT2D eigenvalue weighted by molar-refractivity contribution is 5.92. The summed E-state index contributed by atoms with van der Waals surface area (Å²) in [6, 6.07) is 2.89. The van der Waals surface area contributed by atoms with Gasteiger partial charge in [-0.1, -0.05) is 5.21 Å². The van der Waals surface area contributed by atoms with Gasteiger partial charge in [0.15, 0.2) is 0 Å². The molecule has 0 saturated carbocycles. The van der Waals surface area contributed by atoms with Gasteiger partial charge >= 0.3 is 12.9 Å². The summed E-state index contributed by atoms with van der Waals surface area (Å²) in [7, 11) is 0. The number of rotatable bonds is 7. The lowest BCUT2D eigenvalue weighted by molar-refractivity contribution is -0.126. The van der Waals surface area contributed by atoms with Gasteiger partial charge in [-0.15, -0.1) is 15.3 Å². The van der Waals surface area contributed by atoms with Gasteiger partial charge in [0.25, 0.3) is 17.7 Å². The number of carbonyl (C=O) groups excluding carboxylic acids is 1. The van der Waals surface area contributed by atoms with Gasteiger partial charge in [0.2, 0.25) is 0 Å². The summed E-state index contributed by atoms with van der Waals surface area (Å²) in [5, 5.41) is 16.7. The lowest BCUT2D eigenvalue weighted by Crippen LogP contribution is -2.20. The predicted molar refractivity (Wildman–Crippen MR) is 97.3 cm³/mol. The van der Waals surface area contributed by atoms with Crippen molar-refractivity contribution in [2.75, 3.05) is 5.32 Å². The minimum absolute atomic E-state index is 0.0261. The van der Waals surface area contributed by atoms with Crippen LogP contribution in [0.4, 0.5) is 23.4 Å². The zero-order chi connectivity index (χ0) is 22.7. The van der Waals surface area contributed by atoms with E-state index in [4.69, 9.17) is 4.42 Å². The number of nitrogens with one attached hydrogen (secondary N) is 1. The van der Waals surface area contributed by atoms with E-state index in [2.05, 4.69) is 35.5 Å². The third kappa shape index (κ3) is 4.71. The normalized spacial score (nSPS) is 11.3. The minimum Gasteiger partial charge on any atom is -0.415 e. The molecule has 4 aromatic rings. The van der Waals surface area contributed by atoms with Crippen molar-refractivity contribution in [3.63, 3.8) is 0 Å². The van der Waals surface area contributed by atoms with Crippen molar-refractivity contribution >= 4 is 11.7 Å². The molecule has 0 bridgehead atoms. The predicted octanol–water partition coefficient (Wildman–Crippen LogP) is 2.37. The molecule has 11 nitrogen and oxygen atoms in total.